The quantitative estimate of drug-likeness (QED) is 0.111. The minimum atomic E-state index is 0.340. The zero-order valence-corrected chi connectivity index (χ0v) is 23.4. The molecule has 2 heteroatoms. The van der Waals surface area contributed by atoms with Crippen molar-refractivity contribution in [1.82, 2.24) is 4.90 Å². The van der Waals surface area contributed by atoms with E-state index in [-0.39, 0.29) is 0 Å². The lowest BCUT2D eigenvalue weighted by Gasteiger charge is -2.22. The van der Waals surface area contributed by atoms with E-state index < -0.39 is 0 Å². The maximum Gasteiger partial charge on any atom is 0.0443 e. The number of unbranched alkanes of at least 4 members (excludes halogenated alkanes) is 22. The summed E-state index contributed by atoms with van der Waals surface area (Å²) < 4.78 is 0. The zero-order valence-electron chi connectivity index (χ0n) is 23.4. The maximum absolute atomic E-state index is 9.21. The van der Waals surface area contributed by atoms with Crippen molar-refractivity contribution in [2.45, 2.75) is 174 Å². The van der Waals surface area contributed by atoms with E-state index in [1.165, 1.54) is 167 Å². The number of hydrogen-bond acceptors (Lipinski definition) is 2. The van der Waals surface area contributed by atoms with Crippen LogP contribution in [0.5, 0.6) is 0 Å². The van der Waals surface area contributed by atoms with E-state index in [4.69, 9.17) is 0 Å². The molecule has 0 radical (unpaired) electrons. The Kier molecular flexibility index (Phi) is 29.9. The third-order valence-electron chi connectivity index (χ3n) is 7.29. The third kappa shape index (κ3) is 28.0. The molecule has 0 fully saturated rings. The molecule has 0 aromatic heterocycles. The van der Waals surface area contributed by atoms with Crippen molar-refractivity contribution < 1.29 is 5.11 Å². The summed E-state index contributed by atoms with van der Waals surface area (Å²) in [6, 6.07) is 0. The minimum Gasteiger partial charge on any atom is -0.396 e. The van der Waals surface area contributed by atoms with Crippen LogP contribution in [0, 0.1) is 0 Å². The van der Waals surface area contributed by atoms with Crippen LogP contribution in [-0.4, -0.2) is 36.2 Å². The normalized spacial score (nSPS) is 11.6. The van der Waals surface area contributed by atoms with Crippen molar-refractivity contribution in [3.05, 3.63) is 0 Å². The van der Waals surface area contributed by atoms with Crippen LogP contribution in [0.3, 0.4) is 0 Å². The Morgan fingerprint density at radius 3 is 0.848 bits per heavy atom. The highest BCUT2D eigenvalue weighted by molar-refractivity contribution is 4.60. The lowest BCUT2D eigenvalue weighted by atomic mass is 10.0. The van der Waals surface area contributed by atoms with Gasteiger partial charge < -0.3 is 10.0 Å². The first-order valence-corrected chi connectivity index (χ1v) is 15.7. The van der Waals surface area contributed by atoms with Crippen molar-refractivity contribution >= 4 is 0 Å². The van der Waals surface area contributed by atoms with Gasteiger partial charge in [0.2, 0.25) is 0 Å². The SMILES string of the molecule is CCCCCCCCCCCCCCCCCCN(CCCO)CCCCCCCCCC. The highest BCUT2D eigenvalue weighted by atomic mass is 16.3. The molecule has 0 atom stereocenters. The Bertz CT molecular complexity index is 333. The average Bonchev–Trinajstić information content (AvgIpc) is 2.83. The Morgan fingerprint density at radius 2 is 0.576 bits per heavy atom. The molecule has 0 heterocycles. The molecule has 0 amide bonds. The Balaban J connectivity index is 3.43. The van der Waals surface area contributed by atoms with E-state index in [9.17, 15) is 5.11 Å². The van der Waals surface area contributed by atoms with E-state index >= 15 is 0 Å². The first-order chi connectivity index (χ1) is 16.3. The van der Waals surface area contributed by atoms with Gasteiger partial charge in [0.1, 0.15) is 0 Å². The van der Waals surface area contributed by atoms with Crippen LogP contribution in [0.1, 0.15) is 174 Å². The molecule has 0 aromatic carbocycles. The second-order valence-corrected chi connectivity index (χ2v) is 10.7. The molecular weight excluding hydrogens is 402 g/mol. The molecule has 0 aromatic rings. The summed E-state index contributed by atoms with van der Waals surface area (Å²) >= 11 is 0. The van der Waals surface area contributed by atoms with Crippen LogP contribution in [0.2, 0.25) is 0 Å². The molecular formula is C31H65NO. The monoisotopic (exact) mass is 468 g/mol. The highest BCUT2D eigenvalue weighted by Crippen LogP contribution is 2.14. The molecule has 0 spiro atoms. The van der Waals surface area contributed by atoms with Crippen LogP contribution in [-0.2, 0) is 0 Å². The standard InChI is InChI=1S/C31H65NO/c1-3-5-7-9-11-13-14-15-16-17-18-19-20-22-24-26-29-32(30-27-31-33)28-25-23-21-12-10-8-6-4-2/h33H,3-31H2,1-2H3. The van der Waals surface area contributed by atoms with Crippen LogP contribution >= 0.6 is 0 Å². The third-order valence-corrected chi connectivity index (χ3v) is 7.29. The molecule has 0 rings (SSSR count). The summed E-state index contributed by atoms with van der Waals surface area (Å²) in [5, 5.41) is 9.21. The summed E-state index contributed by atoms with van der Waals surface area (Å²) in [7, 11) is 0. The molecule has 1 N–H and O–H groups in total. The Morgan fingerprint density at radius 1 is 0.333 bits per heavy atom. The fourth-order valence-electron chi connectivity index (χ4n) is 4.98. The summed E-state index contributed by atoms with van der Waals surface area (Å²) in [6.45, 7) is 8.51. The Hall–Kier alpha value is -0.0800. The van der Waals surface area contributed by atoms with Gasteiger partial charge in [-0.05, 0) is 32.4 Å². The number of hydrogen-bond donors (Lipinski definition) is 1. The molecule has 0 saturated heterocycles. The molecule has 0 unspecified atom stereocenters. The van der Waals surface area contributed by atoms with Crippen molar-refractivity contribution in [3.8, 4) is 0 Å². The predicted octanol–water partition coefficient (Wildman–Crippen LogP) is 10.1. The van der Waals surface area contributed by atoms with Crippen molar-refractivity contribution in [3.63, 3.8) is 0 Å². The average molecular weight is 468 g/mol. The molecule has 2 nitrogen and oxygen atoms in total. The second-order valence-electron chi connectivity index (χ2n) is 10.7. The number of nitrogens with zero attached hydrogens (tertiary/aromatic N) is 1. The van der Waals surface area contributed by atoms with E-state index in [0.717, 1.165) is 13.0 Å². The van der Waals surface area contributed by atoms with Crippen molar-refractivity contribution in [2.24, 2.45) is 0 Å². The van der Waals surface area contributed by atoms with Crippen LogP contribution < -0.4 is 0 Å². The van der Waals surface area contributed by atoms with Gasteiger partial charge in [0, 0.05) is 13.2 Å². The molecule has 200 valence electrons. The minimum absolute atomic E-state index is 0.340. The number of rotatable bonds is 29. The van der Waals surface area contributed by atoms with Gasteiger partial charge in [-0.3, -0.25) is 0 Å². The van der Waals surface area contributed by atoms with Gasteiger partial charge in [-0.2, -0.15) is 0 Å². The predicted molar refractivity (Wildman–Crippen MR) is 150 cm³/mol. The Labute approximate surface area is 210 Å². The summed E-state index contributed by atoms with van der Waals surface area (Å²) in [5.74, 6) is 0. The summed E-state index contributed by atoms with van der Waals surface area (Å²) in [5.41, 5.74) is 0. The molecule has 0 aliphatic carbocycles. The lowest BCUT2D eigenvalue weighted by molar-refractivity contribution is 0.217. The van der Waals surface area contributed by atoms with Gasteiger partial charge in [-0.15, -0.1) is 0 Å². The van der Waals surface area contributed by atoms with Crippen molar-refractivity contribution in [2.75, 3.05) is 26.2 Å². The van der Waals surface area contributed by atoms with Crippen LogP contribution in [0.4, 0.5) is 0 Å². The van der Waals surface area contributed by atoms with Gasteiger partial charge in [-0.25, -0.2) is 0 Å². The molecule has 33 heavy (non-hydrogen) atoms. The van der Waals surface area contributed by atoms with E-state index in [1.807, 2.05) is 0 Å². The second kappa shape index (κ2) is 30.0. The molecule has 0 bridgehead atoms. The van der Waals surface area contributed by atoms with Gasteiger partial charge >= 0.3 is 0 Å². The first kappa shape index (κ1) is 32.9. The fourth-order valence-corrected chi connectivity index (χ4v) is 4.98. The largest absolute Gasteiger partial charge is 0.396 e. The summed E-state index contributed by atoms with van der Waals surface area (Å²) in [4.78, 5) is 2.62. The molecule has 0 aliphatic rings. The van der Waals surface area contributed by atoms with Gasteiger partial charge in [-0.1, -0.05) is 155 Å². The lowest BCUT2D eigenvalue weighted by Crippen LogP contribution is -2.27. The van der Waals surface area contributed by atoms with E-state index in [0.29, 0.717) is 6.61 Å². The summed E-state index contributed by atoms with van der Waals surface area (Å²) in [6.07, 6.45) is 35.2. The zero-order chi connectivity index (χ0) is 24.1. The topological polar surface area (TPSA) is 23.5 Å². The number of aliphatic hydroxyl groups excluding tert-OH is 1. The van der Waals surface area contributed by atoms with Gasteiger partial charge in [0.25, 0.3) is 0 Å². The maximum atomic E-state index is 9.21. The molecule has 0 aliphatic heterocycles. The van der Waals surface area contributed by atoms with Crippen LogP contribution in [0.15, 0.2) is 0 Å². The highest BCUT2D eigenvalue weighted by Gasteiger charge is 2.04. The molecule has 0 saturated carbocycles. The van der Waals surface area contributed by atoms with Crippen molar-refractivity contribution in [1.29, 1.82) is 0 Å². The fraction of sp³-hybridized carbons (Fsp3) is 1.00. The smallest absolute Gasteiger partial charge is 0.0443 e. The van der Waals surface area contributed by atoms with Gasteiger partial charge in [0.05, 0.1) is 0 Å². The van der Waals surface area contributed by atoms with Crippen LogP contribution in [0.25, 0.3) is 0 Å². The first-order valence-electron chi connectivity index (χ1n) is 15.7. The van der Waals surface area contributed by atoms with E-state index in [1.54, 1.807) is 0 Å². The number of aliphatic hydroxyl groups is 1. The van der Waals surface area contributed by atoms with Gasteiger partial charge in [0.15, 0.2) is 0 Å². The van der Waals surface area contributed by atoms with E-state index in [2.05, 4.69) is 18.7 Å².